The molecule has 3 N–H and O–H groups in total. The zero-order valence-corrected chi connectivity index (χ0v) is 9.49. The highest BCUT2D eigenvalue weighted by atomic mass is 16.5. The van der Waals surface area contributed by atoms with Gasteiger partial charge in [0.25, 0.3) is 5.91 Å². The summed E-state index contributed by atoms with van der Waals surface area (Å²) >= 11 is 0. The Bertz CT molecular complexity index is 323. The van der Waals surface area contributed by atoms with Gasteiger partial charge in [-0.05, 0) is 19.4 Å². The zero-order valence-electron chi connectivity index (χ0n) is 9.49. The van der Waals surface area contributed by atoms with E-state index in [0.29, 0.717) is 37.6 Å². The van der Waals surface area contributed by atoms with Crippen molar-refractivity contribution in [2.75, 3.05) is 26.3 Å². The summed E-state index contributed by atoms with van der Waals surface area (Å²) in [6.07, 6.45) is 2.29. The van der Waals surface area contributed by atoms with Crippen molar-refractivity contribution in [2.45, 2.75) is 13.3 Å². The van der Waals surface area contributed by atoms with E-state index in [9.17, 15) is 4.79 Å². The summed E-state index contributed by atoms with van der Waals surface area (Å²) in [7, 11) is 0. The van der Waals surface area contributed by atoms with Crippen LogP contribution in [0.3, 0.4) is 0 Å². The largest absolute Gasteiger partial charge is 0.469 e. The van der Waals surface area contributed by atoms with E-state index >= 15 is 0 Å². The van der Waals surface area contributed by atoms with E-state index in [2.05, 4.69) is 5.32 Å². The molecule has 0 saturated carbocycles. The predicted octanol–water partition coefficient (Wildman–Crippen LogP) is 0.683. The van der Waals surface area contributed by atoms with Crippen LogP contribution in [0.25, 0.3) is 0 Å². The van der Waals surface area contributed by atoms with E-state index in [0.717, 1.165) is 6.42 Å². The van der Waals surface area contributed by atoms with Gasteiger partial charge < -0.3 is 20.2 Å². The number of rotatable bonds is 7. The molecule has 0 radical (unpaired) electrons. The van der Waals surface area contributed by atoms with Gasteiger partial charge in [-0.3, -0.25) is 4.79 Å². The number of ether oxygens (including phenoxy) is 1. The lowest BCUT2D eigenvalue weighted by Gasteiger charge is -2.04. The lowest BCUT2D eigenvalue weighted by atomic mass is 10.2. The minimum atomic E-state index is -0.106. The van der Waals surface area contributed by atoms with Crippen molar-refractivity contribution in [3.63, 3.8) is 0 Å². The van der Waals surface area contributed by atoms with E-state index in [1.54, 1.807) is 13.0 Å². The Kier molecular flexibility index (Phi) is 5.60. The number of amides is 1. The molecular formula is C11H18N2O3. The lowest BCUT2D eigenvalue weighted by molar-refractivity contribution is 0.0941. The topological polar surface area (TPSA) is 77.5 Å². The molecule has 1 rings (SSSR count). The van der Waals surface area contributed by atoms with Crippen molar-refractivity contribution in [1.82, 2.24) is 5.32 Å². The van der Waals surface area contributed by atoms with Crippen molar-refractivity contribution in [3.05, 3.63) is 23.7 Å². The van der Waals surface area contributed by atoms with E-state index in [-0.39, 0.29) is 5.91 Å². The smallest absolute Gasteiger partial charge is 0.254 e. The van der Waals surface area contributed by atoms with Gasteiger partial charge in [0.15, 0.2) is 0 Å². The number of carbonyl (C=O) groups is 1. The molecule has 1 heterocycles. The number of carbonyl (C=O) groups excluding carboxylic acids is 1. The molecule has 0 spiro atoms. The molecule has 0 saturated heterocycles. The maximum atomic E-state index is 11.6. The Morgan fingerprint density at radius 2 is 2.38 bits per heavy atom. The molecule has 0 aromatic carbocycles. The van der Waals surface area contributed by atoms with E-state index in [1.165, 1.54) is 6.26 Å². The minimum absolute atomic E-state index is 0.106. The van der Waals surface area contributed by atoms with Crippen molar-refractivity contribution in [3.8, 4) is 0 Å². The number of furan rings is 1. The lowest BCUT2D eigenvalue weighted by Crippen LogP contribution is -2.25. The van der Waals surface area contributed by atoms with Crippen LogP contribution in [-0.4, -0.2) is 32.2 Å². The molecule has 5 nitrogen and oxygen atoms in total. The van der Waals surface area contributed by atoms with Crippen LogP contribution >= 0.6 is 0 Å². The molecule has 0 fully saturated rings. The Balaban J connectivity index is 2.14. The van der Waals surface area contributed by atoms with Gasteiger partial charge in [-0.1, -0.05) is 0 Å². The second-order valence-electron chi connectivity index (χ2n) is 3.40. The third kappa shape index (κ3) is 4.04. The second kappa shape index (κ2) is 7.03. The monoisotopic (exact) mass is 226 g/mol. The third-order valence-electron chi connectivity index (χ3n) is 2.12. The first-order valence-electron chi connectivity index (χ1n) is 5.36. The van der Waals surface area contributed by atoms with Gasteiger partial charge in [-0.15, -0.1) is 0 Å². The molecule has 0 bridgehead atoms. The quantitative estimate of drug-likeness (QED) is 0.670. The number of nitrogens with two attached hydrogens (primary N) is 1. The normalized spacial score (nSPS) is 10.4. The second-order valence-corrected chi connectivity index (χ2v) is 3.40. The Labute approximate surface area is 94.9 Å². The summed E-state index contributed by atoms with van der Waals surface area (Å²) < 4.78 is 10.2. The highest BCUT2D eigenvalue weighted by Gasteiger charge is 2.09. The van der Waals surface area contributed by atoms with Gasteiger partial charge in [0.1, 0.15) is 5.76 Å². The fourth-order valence-corrected chi connectivity index (χ4v) is 1.28. The maximum absolute atomic E-state index is 11.6. The molecule has 0 aliphatic heterocycles. The van der Waals surface area contributed by atoms with E-state index in [4.69, 9.17) is 14.9 Å². The highest BCUT2D eigenvalue weighted by molar-refractivity contribution is 5.94. The van der Waals surface area contributed by atoms with Gasteiger partial charge in [0.2, 0.25) is 0 Å². The Hall–Kier alpha value is -1.33. The summed E-state index contributed by atoms with van der Waals surface area (Å²) in [6.45, 7) is 4.06. The maximum Gasteiger partial charge on any atom is 0.254 e. The molecule has 1 amide bonds. The minimum Gasteiger partial charge on any atom is -0.469 e. The summed E-state index contributed by atoms with van der Waals surface area (Å²) in [4.78, 5) is 11.6. The summed E-state index contributed by atoms with van der Waals surface area (Å²) in [5.74, 6) is 0.530. The van der Waals surface area contributed by atoms with Gasteiger partial charge >= 0.3 is 0 Å². The zero-order chi connectivity index (χ0) is 11.8. The van der Waals surface area contributed by atoms with Crippen molar-refractivity contribution in [1.29, 1.82) is 0 Å². The standard InChI is InChI=1S/C11H18N2O3/c1-9-10(3-7-16-9)11(14)13-5-2-6-15-8-4-12/h3,7H,2,4-6,8,12H2,1H3,(H,13,14). The van der Waals surface area contributed by atoms with Gasteiger partial charge in [0, 0.05) is 19.7 Å². The third-order valence-corrected chi connectivity index (χ3v) is 2.12. The number of aryl methyl sites for hydroxylation is 1. The highest BCUT2D eigenvalue weighted by Crippen LogP contribution is 2.07. The van der Waals surface area contributed by atoms with Gasteiger partial charge in [-0.2, -0.15) is 0 Å². The van der Waals surface area contributed by atoms with Crippen molar-refractivity contribution >= 4 is 5.91 Å². The summed E-state index contributed by atoms with van der Waals surface area (Å²) in [5, 5.41) is 2.79. The Morgan fingerprint density at radius 3 is 3.00 bits per heavy atom. The fraction of sp³-hybridized carbons (Fsp3) is 0.545. The van der Waals surface area contributed by atoms with Crippen LogP contribution < -0.4 is 11.1 Å². The van der Waals surface area contributed by atoms with Crippen LogP contribution in [0, 0.1) is 6.92 Å². The molecule has 1 aromatic rings. The first-order valence-corrected chi connectivity index (χ1v) is 5.36. The summed E-state index contributed by atoms with van der Waals surface area (Å²) in [6, 6.07) is 1.66. The SMILES string of the molecule is Cc1occc1C(=O)NCCCOCCN. The molecule has 1 aromatic heterocycles. The molecular weight excluding hydrogens is 208 g/mol. The molecule has 0 aliphatic carbocycles. The van der Waals surface area contributed by atoms with Crippen LogP contribution in [0.2, 0.25) is 0 Å². The molecule has 0 unspecified atom stereocenters. The Morgan fingerprint density at radius 1 is 1.56 bits per heavy atom. The fourth-order valence-electron chi connectivity index (χ4n) is 1.28. The van der Waals surface area contributed by atoms with Crippen LogP contribution in [0.4, 0.5) is 0 Å². The first kappa shape index (κ1) is 12.7. The van der Waals surface area contributed by atoms with Crippen LogP contribution in [0.5, 0.6) is 0 Å². The van der Waals surface area contributed by atoms with Crippen molar-refractivity contribution in [2.24, 2.45) is 5.73 Å². The van der Waals surface area contributed by atoms with Crippen LogP contribution in [-0.2, 0) is 4.74 Å². The average molecular weight is 226 g/mol. The van der Waals surface area contributed by atoms with Crippen molar-refractivity contribution < 1.29 is 13.9 Å². The van der Waals surface area contributed by atoms with Crippen LogP contribution in [0.15, 0.2) is 16.7 Å². The molecule has 0 atom stereocenters. The van der Waals surface area contributed by atoms with E-state index in [1.807, 2.05) is 0 Å². The molecule has 5 heteroatoms. The molecule has 16 heavy (non-hydrogen) atoms. The van der Waals surface area contributed by atoms with E-state index < -0.39 is 0 Å². The summed E-state index contributed by atoms with van der Waals surface area (Å²) in [5.41, 5.74) is 5.85. The molecule has 0 aliphatic rings. The number of hydrogen-bond donors (Lipinski definition) is 2. The average Bonchev–Trinajstić information content (AvgIpc) is 2.69. The first-order chi connectivity index (χ1) is 7.75. The van der Waals surface area contributed by atoms with Gasteiger partial charge in [0.05, 0.1) is 18.4 Å². The molecule has 90 valence electrons. The number of nitrogens with one attached hydrogen (secondary N) is 1. The van der Waals surface area contributed by atoms with Gasteiger partial charge in [-0.25, -0.2) is 0 Å². The predicted molar refractivity (Wildman–Crippen MR) is 60.3 cm³/mol. The van der Waals surface area contributed by atoms with Crippen LogP contribution in [0.1, 0.15) is 22.5 Å². The number of hydrogen-bond acceptors (Lipinski definition) is 4.